The van der Waals surface area contributed by atoms with E-state index in [1.165, 1.54) is 5.69 Å². The van der Waals surface area contributed by atoms with Crippen LogP contribution in [-0.2, 0) is 4.74 Å². The minimum Gasteiger partial charge on any atom is -0.378 e. The van der Waals surface area contributed by atoms with Crippen LogP contribution in [-0.4, -0.2) is 71.6 Å². The lowest BCUT2D eigenvalue weighted by molar-refractivity contribution is 0.122. The van der Waals surface area contributed by atoms with Gasteiger partial charge in [-0.3, -0.25) is 10.1 Å². The van der Waals surface area contributed by atoms with Crippen molar-refractivity contribution >= 4 is 22.4 Å². The van der Waals surface area contributed by atoms with Gasteiger partial charge in [-0.2, -0.15) is 5.10 Å². The van der Waals surface area contributed by atoms with Crippen molar-refractivity contribution in [3.05, 3.63) is 30.6 Å². The molecule has 8 heteroatoms. The van der Waals surface area contributed by atoms with E-state index >= 15 is 0 Å². The molecule has 0 radical (unpaired) electrons. The maximum Gasteiger partial charge on any atom is 0.131 e. The summed E-state index contributed by atoms with van der Waals surface area (Å²) in [5.41, 5.74) is 3.86. The molecule has 29 heavy (non-hydrogen) atoms. The third kappa shape index (κ3) is 3.54. The van der Waals surface area contributed by atoms with Crippen LogP contribution >= 0.6 is 0 Å². The van der Waals surface area contributed by atoms with Crippen LogP contribution in [0.3, 0.4) is 0 Å². The third-order valence-electron chi connectivity index (χ3n) is 5.68. The number of pyridine rings is 2. The highest BCUT2D eigenvalue weighted by Gasteiger charge is 2.25. The molecule has 3 aromatic rings. The predicted molar refractivity (Wildman–Crippen MR) is 114 cm³/mol. The zero-order valence-corrected chi connectivity index (χ0v) is 16.9. The molecule has 5 rings (SSSR count). The number of ether oxygens (including phenoxy) is 1. The Morgan fingerprint density at radius 1 is 1.03 bits per heavy atom. The van der Waals surface area contributed by atoms with E-state index in [2.05, 4.69) is 56.3 Å². The second-order valence-corrected chi connectivity index (χ2v) is 8.00. The Kier molecular flexibility index (Phi) is 4.81. The van der Waals surface area contributed by atoms with E-state index in [-0.39, 0.29) is 0 Å². The Morgan fingerprint density at radius 3 is 2.55 bits per heavy atom. The van der Waals surface area contributed by atoms with Gasteiger partial charge in [-0.1, -0.05) is 0 Å². The summed E-state index contributed by atoms with van der Waals surface area (Å²) in [5, 5.41) is 11.9. The Hall–Kier alpha value is -2.71. The Labute approximate surface area is 170 Å². The summed E-state index contributed by atoms with van der Waals surface area (Å²) in [6.07, 6.45) is 3.62. The predicted octanol–water partition coefficient (Wildman–Crippen LogP) is 2.04. The lowest BCUT2D eigenvalue weighted by atomic mass is 10.1. The average molecular weight is 393 g/mol. The number of piperazine rings is 1. The third-order valence-corrected chi connectivity index (χ3v) is 5.68. The van der Waals surface area contributed by atoms with Crippen molar-refractivity contribution in [1.29, 1.82) is 0 Å². The zero-order chi connectivity index (χ0) is 19.8. The van der Waals surface area contributed by atoms with Gasteiger partial charge in [0.1, 0.15) is 17.0 Å². The molecule has 0 bridgehead atoms. The first-order chi connectivity index (χ1) is 14.2. The average Bonchev–Trinajstić information content (AvgIpc) is 3.27. The molecule has 2 aliphatic rings. The molecule has 2 atom stereocenters. The van der Waals surface area contributed by atoms with Crippen LogP contribution in [0.25, 0.3) is 22.3 Å². The van der Waals surface area contributed by atoms with Gasteiger partial charge in [0.15, 0.2) is 0 Å². The maximum atomic E-state index is 5.55. The van der Waals surface area contributed by atoms with Gasteiger partial charge >= 0.3 is 0 Å². The molecule has 0 aromatic carbocycles. The van der Waals surface area contributed by atoms with Gasteiger partial charge < -0.3 is 19.9 Å². The molecule has 0 amide bonds. The first-order valence-electron chi connectivity index (χ1n) is 10.3. The largest absolute Gasteiger partial charge is 0.378 e. The van der Waals surface area contributed by atoms with Gasteiger partial charge in [0.05, 0.1) is 24.6 Å². The number of H-pyrrole nitrogens is 1. The minimum absolute atomic E-state index is 0.433. The molecule has 2 fully saturated rings. The van der Waals surface area contributed by atoms with Gasteiger partial charge in [-0.25, -0.2) is 4.98 Å². The van der Waals surface area contributed by atoms with E-state index in [4.69, 9.17) is 9.72 Å². The smallest absolute Gasteiger partial charge is 0.131 e. The minimum atomic E-state index is 0.433. The topological polar surface area (TPSA) is 82.2 Å². The van der Waals surface area contributed by atoms with E-state index in [0.717, 1.165) is 67.5 Å². The number of nitrogens with one attached hydrogen (secondary N) is 2. The van der Waals surface area contributed by atoms with Crippen molar-refractivity contribution in [2.75, 3.05) is 49.2 Å². The van der Waals surface area contributed by atoms with Crippen molar-refractivity contribution < 1.29 is 4.74 Å². The van der Waals surface area contributed by atoms with Crippen LogP contribution < -0.4 is 15.1 Å². The van der Waals surface area contributed by atoms with Crippen LogP contribution in [0.1, 0.15) is 13.8 Å². The number of nitrogens with zero attached hydrogens (tertiary/aromatic N) is 5. The second kappa shape index (κ2) is 7.61. The molecule has 0 spiro atoms. The zero-order valence-electron chi connectivity index (χ0n) is 16.9. The number of fused-ring (bicyclic) bond motifs is 1. The van der Waals surface area contributed by atoms with Crippen molar-refractivity contribution in [3.63, 3.8) is 0 Å². The molecule has 0 saturated carbocycles. The first kappa shape index (κ1) is 18.3. The first-order valence-corrected chi connectivity index (χ1v) is 10.3. The van der Waals surface area contributed by atoms with E-state index in [9.17, 15) is 0 Å². The molecule has 152 valence electrons. The highest BCUT2D eigenvalue weighted by Crippen LogP contribution is 2.35. The molecule has 2 unspecified atom stereocenters. The quantitative estimate of drug-likeness (QED) is 0.705. The van der Waals surface area contributed by atoms with Crippen LogP contribution in [0.4, 0.5) is 11.5 Å². The van der Waals surface area contributed by atoms with Crippen molar-refractivity contribution in [2.45, 2.75) is 25.9 Å². The molecule has 3 aromatic heterocycles. The molecule has 2 N–H and O–H groups in total. The Bertz CT molecular complexity index is 974. The number of anilines is 2. The number of aromatic nitrogens is 4. The Balaban J connectivity index is 1.68. The highest BCUT2D eigenvalue weighted by molar-refractivity contribution is 6.00. The maximum absolute atomic E-state index is 5.55. The summed E-state index contributed by atoms with van der Waals surface area (Å²) < 4.78 is 5.55. The van der Waals surface area contributed by atoms with E-state index in [1.807, 2.05) is 12.3 Å². The number of hydrogen-bond donors (Lipinski definition) is 2. The summed E-state index contributed by atoms with van der Waals surface area (Å²) in [6.45, 7) is 9.59. The summed E-state index contributed by atoms with van der Waals surface area (Å²) in [6, 6.07) is 7.14. The number of morpholine rings is 1. The van der Waals surface area contributed by atoms with E-state index < -0.39 is 0 Å². The summed E-state index contributed by atoms with van der Waals surface area (Å²) >= 11 is 0. The summed E-state index contributed by atoms with van der Waals surface area (Å²) in [5.74, 6) is 0.989. The fraction of sp³-hybridized carbons (Fsp3) is 0.476. The van der Waals surface area contributed by atoms with Crippen molar-refractivity contribution in [1.82, 2.24) is 25.5 Å². The van der Waals surface area contributed by atoms with Gasteiger partial charge in [-0.15, -0.1) is 0 Å². The van der Waals surface area contributed by atoms with Crippen LogP contribution in [0.5, 0.6) is 0 Å². The van der Waals surface area contributed by atoms with Gasteiger partial charge in [0, 0.05) is 62.1 Å². The fourth-order valence-electron chi connectivity index (χ4n) is 4.45. The normalized spacial score (nSPS) is 23.0. The fourth-order valence-corrected chi connectivity index (χ4v) is 4.45. The summed E-state index contributed by atoms with van der Waals surface area (Å²) in [4.78, 5) is 14.5. The second-order valence-electron chi connectivity index (χ2n) is 8.00. The number of rotatable bonds is 3. The number of aromatic amines is 1. The van der Waals surface area contributed by atoms with Crippen LogP contribution in [0.2, 0.25) is 0 Å². The lowest BCUT2D eigenvalue weighted by Crippen LogP contribution is -2.54. The van der Waals surface area contributed by atoms with E-state index in [0.29, 0.717) is 12.1 Å². The number of hydrogen-bond acceptors (Lipinski definition) is 7. The highest BCUT2D eigenvalue weighted by atomic mass is 16.5. The van der Waals surface area contributed by atoms with Gasteiger partial charge in [0.2, 0.25) is 0 Å². The standard InChI is InChI=1S/C21H27N7O/c1-14-12-28(13-15(2)24-14)18-11-19(27-7-9-29-10-8-27)25-20-16(18)3-5-22-21(20)17-4-6-23-26-17/h3-6,11,14-15,24H,7-10,12-13H2,1-2H3,(H,23,26). The molecule has 0 aliphatic carbocycles. The Morgan fingerprint density at radius 2 is 1.83 bits per heavy atom. The molecule has 8 nitrogen and oxygen atoms in total. The summed E-state index contributed by atoms with van der Waals surface area (Å²) in [7, 11) is 0. The van der Waals surface area contributed by atoms with E-state index in [1.54, 1.807) is 6.20 Å². The SMILES string of the molecule is CC1CN(c2cc(N3CCOCC3)nc3c(-c4ccn[nH]4)nccc23)CC(C)N1. The molecular weight excluding hydrogens is 366 g/mol. The van der Waals surface area contributed by atoms with Crippen molar-refractivity contribution in [3.8, 4) is 11.4 Å². The molecule has 2 aliphatic heterocycles. The molecule has 5 heterocycles. The molecule has 2 saturated heterocycles. The van der Waals surface area contributed by atoms with Crippen LogP contribution in [0.15, 0.2) is 30.6 Å². The van der Waals surface area contributed by atoms with Gasteiger partial charge in [0.25, 0.3) is 0 Å². The van der Waals surface area contributed by atoms with Crippen molar-refractivity contribution in [2.24, 2.45) is 0 Å². The monoisotopic (exact) mass is 393 g/mol. The lowest BCUT2D eigenvalue weighted by Gasteiger charge is -2.39. The van der Waals surface area contributed by atoms with Gasteiger partial charge in [-0.05, 0) is 26.0 Å². The van der Waals surface area contributed by atoms with Crippen LogP contribution in [0, 0.1) is 0 Å². The molecular formula is C21H27N7O.